The van der Waals surface area contributed by atoms with Gasteiger partial charge in [0.25, 0.3) is 0 Å². The Bertz CT molecular complexity index is 546. The van der Waals surface area contributed by atoms with Crippen LogP contribution in [0.3, 0.4) is 0 Å². The van der Waals surface area contributed by atoms with Crippen LogP contribution in [-0.2, 0) is 16.4 Å². The van der Waals surface area contributed by atoms with Crippen LogP contribution >= 0.6 is 0 Å². The fraction of sp³-hybridized carbons (Fsp3) is 0.533. The van der Waals surface area contributed by atoms with E-state index < -0.39 is 23.1 Å². The van der Waals surface area contributed by atoms with Gasteiger partial charge in [0.15, 0.2) is 0 Å². The molecule has 0 bridgehead atoms. The number of carboxylic acid groups (broad SMARTS) is 1. The Morgan fingerprint density at radius 1 is 1.24 bits per heavy atom. The third-order valence-corrected chi connectivity index (χ3v) is 4.21. The fourth-order valence-corrected chi connectivity index (χ4v) is 3.03. The lowest BCUT2D eigenvalue weighted by atomic mass is 9.76. The standard InChI is InChI=1S/C15H18F3NO2/c1-19(2)10-5-6-11(15(16,17)18)12(9-10)14(13(20)21)7-3-4-8-14/h5-6,9H,3-4,7-8H2,1-2H3,(H,20,21). The Labute approximate surface area is 121 Å². The molecule has 0 saturated heterocycles. The molecule has 0 aliphatic heterocycles. The second-order valence-corrected chi connectivity index (χ2v) is 5.72. The zero-order valence-corrected chi connectivity index (χ0v) is 12.0. The third kappa shape index (κ3) is 2.71. The molecule has 0 atom stereocenters. The van der Waals surface area contributed by atoms with Crippen LogP contribution in [0.15, 0.2) is 18.2 Å². The van der Waals surface area contributed by atoms with Crippen molar-refractivity contribution in [1.82, 2.24) is 0 Å². The van der Waals surface area contributed by atoms with Gasteiger partial charge in [0.2, 0.25) is 0 Å². The lowest BCUT2D eigenvalue weighted by molar-refractivity contribution is -0.146. The lowest BCUT2D eigenvalue weighted by Crippen LogP contribution is -2.35. The van der Waals surface area contributed by atoms with Gasteiger partial charge < -0.3 is 10.0 Å². The molecule has 0 radical (unpaired) electrons. The third-order valence-electron chi connectivity index (χ3n) is 4.21. The topological polar surface area (TPSA) is 40.5 Å². The molecule has 1 aromatic carbocycles. The normalized spacial score (nSPS) is 17.8. The lowest BCUT2D eigenvalue weighted by Gasteiger charge is -2.29. The van der Waals surface area contributed by atoms with Crippen molar-refractivity contribution in [2.45, 2.75) is 37.3 Å². The minimum absolute atomic E-state index is 0.105. The molecule has 6 heteroatoms. The highest BCUT2D eigenvalue weighted by atomic mass is 19.4. The van der Waals surface area contributed by atoms with Gasteiger partial charge in [-0.3, -0.25) is 4.79 Å². The van der Waals surface area contributed by atoms with E-state index in [1.54, 1.807) is 19.0 Å². The minimum atomic E-state index is -4.55. The zero-order valence-electron chi connectivity index (χ0n) is 12.0. The number of hydrogen-bond donors (Lipinski definition) is 1. The van der Waals surface area contributed by atoms with Gasteiger partial charge in [-0.15, -0.1) is 0 Å². The van der Waals surface area contributed by atoms with Crippen molar-refractivity contribution in [2.24, 2.45) is 0 Å². The van der Waals surface area contributed by atoms with Crippen molar-refractivity contribution in [3.8, 4) is 0 Å². The number of rotatable bonds is 3. The van der Waals surface area contributed by atoms with Crippen molar-refractivity contribution in [2.75, 3.05) is 19.0 Å². The number of alkyl halides is 3. The van der Waals surface area contributed by atoms with Crippen molar-refractivity contribution in [1.29, 1.82) is 0 Å². The Kier molecular flexibility index (Phi) is 3.91. The van der Waals surface area contributed by atoms with Crippen LogP contribution in [0.25, 0.3) is 0 Å². The number of benzene rings is 1. The van der Waals surface area contributed by atoms with E-state index in [2.05, 4.69) is 0 Å². The summed E-state index contributed by atoms with van der Waals surface area (Å²) in [5.74, 6) is -1.17. The quantitative estimate of drug-likeness (QED) is 0.926. The highest BCUT2D eigenvalue weighted by Gasteiger charge is 2.48. The minimum Gasteiger partial charge on any atom is -0.481 e. The van der Waals surface area contributed by atoms with Crippen LogP contribution < -0.4 is 4.90 Å². The average molecular weight is 301 g/mol. The summed E-state index contributed by atoms with van der Waals surface area (Å²) in [5, 5.41) is 9.56. The maximum Gasteiger partial charge on any atom is 0.416 e. The van der Waals surface area contributed by atoms with E-state index in [1.165, 1.54) is 12.1 Å². The summed E-state index contributed by atoms with van der Waals surface area (Å²) < 4.78 is 39.8. The van der Waals surface area contributed by atoms with Crippen LogP contribution in [0.1, 0.15) is 36.8 Å². The highest BCUT2D eigenvalue weighted by molar-refractivity contribution is 5.83. The van der Waals surface area contributed by atoms with Gasteiger partial charge in [-0.1, -0.05) is 12.8 Å². The molecular formula is C15H18F3NO2. The molecule has 1 aromatic rings. The number of anilines is 1. The van der Waals surface area contributed by atoms with E-state index in [0.29, 0.717) is 18.5 Å². The number of aliphatic carboxylic acids is 1. The van der Waals surface area contributed by atoms with E-state index >= 15 is 0 Å². The van der Waals surface area contributed by atoms with Gasteiger partial charge in [0, 0.05) is 19.8 Å². The largest absolute Gasteiger partial charge is 0.481 e. The molecule has 1 saturated carbocycles. The first-order valence-electron chi connectivity index (χ1n) is 6.81. The first-order chi connectivity index (χ1) is 9.68. The van der Waals surface area contributed by atoms with Gasteiger partial charge >= 0.3 is 12.1 Å². The SMILES string of the molecule is CN(C)c1ccc(C(F)(F)F)c(C2(C(=O)O)CCCC2)c1. The summed E-state index contributed by atoms with van der Waals surface area (Å²) in [4.78, 5) is 13.4. The van der Waals surface area contributed by atoms with Gasteiger partial charge in [-0.25, -0.2) is 0 Å². The molecule has 3 nitrogen and oxygen atoms in total. The number of carbonyl (C=O) groups is 1. The summed E-state index contributed by atoms with van der Waals surface area (Å²) in [7, 11) is 3.43. The average Bonchev–Trinajstić information content (AvgIpc) is 2.87. The van der Waals surface area contributed by atoms with Crippen LogP contribution in [0.4, 0.5) is 18.9 Å². The molecule has 0 amide bonds. The Morgan fingerprint density at radius 2 is 1.81 bits per heavy atom. The molecule has 0 spiro atoms. The van der Waals surface area contributed by atoms with E-state index in [0.717, 1.165) is 6.07 Å². The van der Waals surface area contributed by atoms with E-state index in [9.17, 15) is 23.1 Å². The van der Waals surface area contributed by atoms with Crippen molar-refractivity contribution < 1.29 is 23.1 Å². The summed E-state index contributed by atoms with van der Waals surface area (Å²) in [6.45, 7) is 0. The maximum atomic E-state index is 13.3. The molecule has 0 unspecified atom stereocenters. The van der Waals surface area contributed by atoms with Crippen LogP contribution in [0, 0.1) is 0 Å². The summed E-state index contributed by atoms with van der Waals surface area (Å²) in [6.07, 6.45) is -2.78. The second-order valence-electron chi connectivity index (χ2n) is 5.72. The summed E-state index contributed by atoms with van der Waals surface area (Å²) >= 11 is 0. The predicted octanol–water partition coefficient (Wildman–Crippen LogP) is 3.67. The molecule has 0 aromatic heterocycles. The van der Waals surface area contributed by atoms with Crippen LogP contribution in [0.2, 0.25) is 0 Å². The molecule has 1 N–H and O–H groups in total. The Hall–Kier alpha value is -1.72. The maximum absolute atomic E-state index is 13.3. The first-order valence-corrected chi connectivity index (χ1v) is 6.81. The van der Waals surface area contributed by atoms with E-state index in [1.807, 2.05) is 0 Å². The summed E-state index contributed by atoms with van der Waals surface area (Å²) in [5.41, 5.74) is -1.79. The first kappa shape index (κ1) is 15.7. The number of hydrogen-bond acceptors (Lipinski definition) is 2. The van der Waals surface area contributed by atoms with Crippen LogP contribution in [0.5, 0.6) is 0 Å². The van der Waals surface area contributed by atoms with Crippen molar-refractivity contribution in [3.63, 3.8) is 0 Å². The molecule has 116 valence electrons. The van der Waals surface area contributed by atoms with Crippen molar-refractivity contribution >= 4 is 11.7 Å². The molecule has 1 fully saturated rings. The summed E-state index contributed by atoms with van der Waals surface area (Å²) in [6, 6.07) is 3.74. The number of nitrogens with zero attached hydrogens (tertiary/aromatic N) is 1. The molecule has 0 heterocycles. The highest BCUT2D eigenvalue weighted by Crippen LogP contribution is 2.47. The zero-order chi connectivity index (χ0) is 15.8. The number of carboxylic acids is 1. The molecular weight excluding hydrogens is 283 g/mol. The molecule has 1 aliphatic rings. The molecule has 2 rings (SSSR count). The van der Waals surface area contributed by atoms with Gasteiger partial charge in [0.05, 0.1) is 11.0 Å². The second kappa shape index (κ2) is 5.24. The van der Waals surface area contributed by atoms with Crippen LogP contribution in [-0.4, -0.2) is 25.2 Å². The predicted molar refractivity (Wildman–Crippen MR) is 73.6 cm³/mol. The Morgan fingerprint density at radius 3 is 2.24 bits per heavy atom. The van der Waals surface area contributed by atoms with E-state index in [-0.39, 0.29) is 18.4 Å². The molecule has 1 aliphatic carbocycles. The number of halogens is 3. The van der Waals surface area contributed by atoms with Crippen molar-refractivity contribution in [3.05, 3.63) is 29.3 Å². The fourth-order valence-electron chi connectivity index (χ4n) is 3.03. The monoisotopic (exact) mass is 301 g/mol. The smallest absolute Gasteiger partial charge is 0.416 e. The Balaban J connectivity index is 2.68. The van der Waals surface area contributed by atoms with Gasteiger partial charge in [-0.2, -0.15) is 13.2 Å². The van der Waals surface area contributed by atoms with E-state index in [4.69, 9.17) is 0 Å². The van der Waals surface area contributed by atoms with Gasteiger partial charge in [0.1, 0.15) is 0 Å². The van der Waals surface area contributed by atoms with Gasteiger partial charge in [-0.05, 0) is 36.6 Å². The molecule has 21 heavy (non-hydrogen) atoms.